The molecule has 2 bridgehead atoms. The molecule has 7 heteroatoms. The molecule has 0 aromatic heterocycles. The number of amides is 3. The highest BCUT2D eigenvalue weighted by Gasteiger charge is 2.33. The normalized spacial score (nSPS) is 27.8. The van der Waals surface area contributed by atoms with Gasteiger partial charge in [0.05, 0.1) is 12.2 Å². The van der Waals surface area contributed by atoms with E-state index in [0.29, 0.717) is 31.7 Å². The molecule has 0 radical (unpaired) electrons. The third-order valence-electron chi connectivity index (χ3n) is 5.32. The van der Waals surface area contributed by atoms with E-state index in [2.05, 4.69) is 15.1 Å². The first kappa shape index (κ1) is 17.6. The van der Waals surface area contributed by atoms with Gasteiger partial charge in [-0.2, -0.15) is 0 Å². The number of imide groups is 1. The molecule has 3 rings (SSSR count). The lowest BCUT2D eigenvalue weighted by atomic mass is 10.1. The summed E-state index contributed by atoms with van der Waals surface area (Å²) in [6, 6.07) is -0.279. The van der Waals surface area contributed by atoms with E-state index in [1.165, 1.54) is 24.2 Å². The Labute approximate surface area is 144 Å². The summed E-state index contributed by atoms with van der Waals surface area (Å²) >= 11 is 0. The summed E-state index contributed by atoms with van der Waals surface area (Å²) in [5, 5.41) is 2.87. The second-order valence-corrected chi connectivity index (χ2v) is 7.15. The number of fused-ring (bicyclic) bond motifs is 2. The number of carbonyl (C=O) groups excluding carboxylic acids is 2. The van der Waals surface area contributed by atoms with Crippen LogP contribution in [0.5, 0.6) is 0 Å². The van der Waals surface area contributed by atoms with Crippen molar-refractivity contribution in [2.24, 2.45) is 0 Å². The zero-order chi connectivity index (χ0) is 16.8. The molecule has 0 aliphatic carbocycles. The Morgan fingerprint density at radius 3 is 2.46 bits per heavy atom. The van der Waals surface area contributed by atoms with Crippen molar-refractivity contribution >= 4 is 12.4 Å². The van der Waals surface area contributed by atoms with Crippen LogP contribution in [-0.4, -0.2) is 91.7 Å². The second kappa shape index (κ2) is 8.78. The van der Waals surface area contributed by atoms with E-state index < -0.39 is 0 Å². The molecule has 2 unspecified atom stereocenters. The predicted molar refractivity (Wildman–Crippen MR) is 90.8 cm³/mol. The predicted octanol–water partition coefficient (Wildman–Crippen LogP) is 0.504. The standard InChI is InChI=1S/C17H30N4O3/c22-14-21(11-10-19-7-2-1-3-8-19)17(23)18-6-9-20-12-15-4-5-16(13-20)24-15/h14-16H,1-13H2,(H,18,23). The number of ether oxygens (including phenoxy) is 1. The Morgan fingerprint density at radius 2 is 1.79 bits per heavy atom. The topological polar surface area (TPSA) is 65.1 Å². The largest absolute Gasteiger partial charge is 0.372 e. The number of rotatable bonds is 7. The maximum absolute atomic E-state index is 12.2. The molecule has 136 valence electrons. The average Bonchev–Trinajstić information content (AvgIpc) is 2.95. The van der Waals surface area contributed by atoms with Crippen LogP contribution in [0.25, 0.3) is 0 Å². The second-order valence-electron chi connectivity index (χ2n) is 7.15. The zero-order valence-electron chi connectivity index (χ0n) is 14.5. The molecule has 0 aromatic carbocycles. The lowest BCUT2D eigenvalue weighted by molar-refractivity contribution is -0.115. The summed E-state index contributed by atoms with van der Waals surface area (Å²) in [7, 11) is 0. The molecule has 3 aliphatic rings. The van der Waals surface area contributed by atoms with Crippen molar-refractivity contribution in [2.75, 3.05) is 52.4 Å². The number of hydrogen-bond acceptors (Lipinski definition) is 5. The van der Waals surface area contributed by atoms with Crippen LogP contribution in [0.3, 0.4) is 0 Å². The summed E-state index contributed by atoms with van der Waals surface area (Å²) < 4.78 is 5.81. The van der Waals surface area contributed by atoms with E-state index in [9.17, 15) is 9.59 Å². The molecule has 3 fully saturated rings. The number of carbonyl (C=O) groups is 2. The molecular formula is C17H30N4O3. The van der Waals surface area contributed by atoms with Crippen LogP contribution >= 0.6 is 0 Å². The first-order valence-corrected chi connectivity index (χ1v) is 9.34. The van der Waals surface area contributed by atoms with E-state index in [-0.39, 0.29) is 6.03 Å². The van der Waals surface area contributed by atoms with Crippen molar-refractivity contribution in [3.05, 3.63) is 0 Å². The third-order valence-corrected chi connectivity index (χ3v) is 5.32. The third kappa shape index (κ3) is 4.91. The van der Waals surface area contributed by atoms with E-state index in [0.717, 1.165) is 52.1 Å². The Balaban J connectivity index is 1.32. The Hall–Kier alpha value is -1.18. The summed E-state index contributed by atoms with van der Waals surface area (Å²) in [5.74, 6) is 0. The number of morpholine rings is 1. The van der Waals surface area contributed by atoms with Crippen molar-refractivity contribution in [3.8, 4) is 0 Å². The van der Waals surface area contributed by atoms with Crippen LogP contribution in [0.4, 0.5) is 4.79 Å². The molecule has 3 amide bonds. The van der Waals surface area contributed by atoms with Gasteiger partial charge in [0.15, 0.2) is 0 Å². The highest BCUT2D eigenvalue weighted by atomic mass is 16.5. The van der Waals surface area contributed by atoms with Gasteiger partial charge in [0.1, 0.15) is 0 Å². The molecule has 3 heterocycles. The van der Waals surface area contributed by atoms with E-state index in [4.69, 9.17) is 4.74 Å². The van der Waals surface area contributed by atoms with Gasteiger partial charge in [-0.3, -0.25) is 14.6 Å². The Kier molecular flexibility index (Phi) is 6.45. The number of nitrogens with zero attached hydrogens (tertiary/aromatic N) is 3. The molecule has 24 heavy (non-hydrogen) atoms. The molecule has 0 saturated carbocycles. The van der Waals surface area contributed by atoms with Crippen molar-refractivity contribution in [1.29, 1.82) is 0 Å². The van der Waals surface area contributed by atoms with E-state index >= 15 is 0 Å². The molecule has 0 spiro atoms. The van der Waals surface area contributed by atoms with Crippen LogP contribution in [0.15, 0.2) is 0 Å². The fraction of sp³-hybridized carbons (Fsp3) is 0.882. The molecule has 7 nitrogen and oxygen atoms in total. The minimum Gasteiger partial charge on any atom is -0.372 e. The number of hydrogen-bond donors (Lipinski definition) is 1. The van der Waals surface area contributed by atoms with Crippen LogP contribution in [0.2, 0.25) is 0 Å². The van der Waals surface area contributed by atoms with Crippen molar-refractivity contribution in [3.63, 3.8) is 0 Å². The van der Waals surface area contributed by atoms with Gasteiger partial charge < -0.3 is 15.0 Å². The van der Waals surface area contributed by atoms with Crippen molar-refractivity contribution in [1.82, 2.24) is 20.0 Å². The SMILES string of the molecule is O=CN(CCN1CCCCC1)C(=O)NCCN1CC2CCC(C1)O2. The number of nitrogens with one attached hydrogen (secondary N) is 1. The van der Waals surface area contributed by atoms with Gasteiger partial charge in [0.2, 0.25) is 6.41 Å². The highest BCUT2D eigenvalue weighted by molar-refractivity contribution is 5.84. The summed E-state index contributed by atoms with van der Waals surface area (Å²) in [6.07, 6.45) is 7.42. The van der Waals surface area contributed by atoms with Gasteiger partial charge in [-0.15, -0.1) is 0 Å². The van der Waals surface area contributed by atoms with Gasteiger partial charge in [0, 0.05) is 39.3 Å². The lowest BCUT2D eigenvalue weighted by Crippen LogP contribution is -2.48. The summed E-state index contributed by atoms with van der Waals surface area (Å²) in [5.41, 5.74) is 0. The fourth-order valence-electron chi connectivity index (χ4n) is 3.94. The van der Waals surface area contributed by atoms with Crippen molar-refractivity contribution in [2.45, 2.75) is 44.3 Å². The Bertz CT molecular complexity index is 416. The Morgan fingerprint density at radius 1 is 1.08 bits per heavy atom. The highest BCUT2D eigenvalue weighted by Crippen LogP contribution is 2.25. The minimum atomic E-state index is -0.279. The maximum Gasteiger partial charge on any atom is 0.323 e. The van der Waals surface area contributed by atoms with Crippen LogP contribution in [-0.2, 0) is 9.53 Å². The molecule has 2 atom stereocenters. The number of urea groups is 1. The maximum atomic E-state index is 12.2. The molecule has 3 saturated heterocycles. The van der Waals surface area contributed by atoms with Gasteiger partial charge in [-0.05, 0) is 38.8 Å². The minimum absolute atomic E-state index is 0.279. The molecular weight excluding hydrogens is 308 g/mol. The average molecular weight is 338 g/mol. The lowest BCUT2D eigenvalue weighted by Gasteiger charge is -2.32. The summed E-state index contributed by atoms with van der Waals surface area (Å²) in [4.78, 5) is 29.3. The van der Waals surface area contributed by atoms with E-state index in [1.54, 1.807) is 0 Å². The number of likely N-dealkylation sites (tertiary alicyclic amines) is 2. The first-order valence-electron chi connectivity index (χ1n) is 9.34. The zero-order valence-corrected chi connectivity index (χ0v) is 14.5. The molecule has 3 aliphatic heterocycles. The fourth-order valence-corrected chi connectivity index (χ4v) is 3.94. The van der Waals surface area contributed by atoms with Gasteiger partial charge in [0.25, 0.3) is 0 Å². The molecule has 0 aromatic rings. The monoisotopic (exact) mass is 338 g/mol. The van der Waals surface area contributed by atoms with Crippen LogP contribution in [0, 0.1) is 0 Å². The van der Waals surface area contributed by atoms with Gasteiger partial charge in [-0.25, -0.2) is 4.79 Å². The summed E-state index contributed by atoms with van der Waals surface area (Å²) in [6.45, 7) is 6.71. The van der Waals surface area contributed by atoms with Crippen LogP contribution < -0.4 is 5.32 Å². The van der Waals surface area contributed by atoms with Gasteiger partial charge >= 0.3 is 6.03 Å². The number of piperidine rings is 1. The van der Waals surface area contributed by atoms with Crippen LogP contribution in [0.1, 0.15) is 32.1 Å². The quantitative estimate of drug-likeness (QED) is 0.685. The van der Waals surface area contributed by atoms with E-state index in [1.807, 2.05) is 0 Å². The van der Waals surface area contributed by atoms with Crippen molar-refractivity contribution < 1.29 is 14.3 Å². The first-order chi connectivity index (χ1) is 11.7. The smallest absolute Gasteiger partial charge is 0.323 e. The molecule has 1 N–H and O–H groups in total. The van der Waals surface area contributed by atoms with Gasteiger partial charge in [-0.1, -0.05) is 6.42 Å².